The van der Waals surface area contributed by atoms with Crippen LogP contribution in [0.5, 0.6) is 0 Å². The van der Waals surface area contributed by atoms with Gasteiger partial charge < -0.3 is 10.5 Å². The number of pyridine rings is 1. The third-order valence-electron chi connectivity index (χ3n) is 1.96. The molecular weight excluding hydrogens is 180 g/mol. The molecule has 0 saturated heterocycles. The summed E-state index contributed by atoms with van der Waals surface area (Å²) in [6.07, 6.45) is 1.74. The first-order valence-electron chi connectivity index (χ1n) is 4.31. The molecule has 0 spiro atoms. The standard InChI is InChI=1S/C9H12N4O/c1-6-3-7(10)4-13-9(6)11-8(12-13)5-14-2/h3-4H,5,10H2,1-2H3. The Hall–Kier alpha value is -1.62. The van der Waals surface area contributed by atoms with Crippen LogP contribution < -0.4 is 5.73 Å². The van der Waals surface area contributed by atoms with Crippen molar-refractivity contribution in [3.63, 3.8) is 0 Å². The topological polar surface area (TPSA) is 65.4 Å². The molecule has 0 aliphatic rings. The summed E-state index contributed by atoms with van der Waals surface area (Å²) in [5, 5.41) is 4.22. The van der Waals surface area contributed by atoms with E-state index in [9.17, 15) is 0 Å². The number of methoxy groups -OCH3 is 1. The van der Waals surface area contributed by atoms with Gasteiger partial charge in [-0.1, -0.05) is 0 Å². The minimum absolute atomic E-state index is 0.418. The normalized spacial score (nSPS) is 11.0. The summed E-state index contributed by atoms with van der Waals surface area (Å²) in [6.45, 7) is 2.37. The molecule has 5 heteroatoms. The van der Waals surface area contributed by atoms with Crippen LogP contribution in [0.1, 0.15) is 11.4 Å². The number of rotatable bonds is 2. The van der Waals surface area contributed by atoms with E-state index in [2.05, 4.69) is 10.1 Å². The molecule has 0 amide bonds. The molecule has 2 heterocycles. The average Bonchev–Trinajstić information content (AvgIpc) is 2.48. The Bertz CT molecular complexity index is 463. The van der Waals surface area contributed by atoms with Gasteiger partial charge in [0.2, 0.25) is 0 Å². The Labute approximate surface area is 81.5 Å². The maximum absolute atomic E-state index is 5.69. The minimum Gasteiger partial charge on any atom is -0.397 e. The lowest BCUT2D eigenvalue weighted by Crippen LogP contribution is -1.95. The first kappa shape index (κ1) is 8.96. The molecule has 74 valence electrons. The molecule has 0 bridgehead atoms. The van der Waals surface area contributed by atoms with Gasteiger partial charge in [0.25, 0.3) is 0 Å². The third-order valence-corrected chi connectivity index (χ3v) is 1.96. The summed E-state index contributed by atoms with van der Waals surface area (Å²) in [5.41, 5.74) is 8.21. The number of nitrogens with two attached hydrogens (primary N) is 1. The van der Waals surface area contributed by atoms with Crippen LogP contribution in [0.25, 0.3) is 5.65 Å². The molecular formula is C9H12N4O. The fourth-order valence-corrected chi connectivity index (χ4v) is 1.41. The molecule has 5 nitrogen and oxygen atoms in total. The molecule has 0 radical (unpaired) electrons. The van der Waals surface area contributed by atoms with E-state index >= 15 is 0 Å². The van der Waals surface area contributed by atoms with Crippen LogP contribution in [-0.2, 0) is 11.3 Å². The zero-order valence-corrected chi connectivity index (χ0v) is 8.19. The van der Waals surface area contributed by atoms with Crippen molar-refractivity contribution in [1.82, 2.24) is 14.6 Å². The van der Waals surface area contributed by atoms with Crippen LogP contribution in [0.15, 0.2) is 12.3 Å². The van der Waals surface area contributed by atoms with Gasteiger partial charge in [-0.2, -0.15) is 0 Å². The van der Waals surface area contributed by atoms with E-state index in [1.54, 1.807) is 17.8 Å². The number of ether oxygens (including phenoxy) is 1. The highest BCUT2D eigenvalue weighted by Gasteiger charge is 2.05. The molecule has 2 aromatic heterocycles. The second kappa shape index (κ2) is 3.26. The molecule has 2 N–H and O–H groups in total. The predicted octanol–water partition coefficient (Wildman–Crippen LogP) is 0.766. The number of hydrogen-bond acceptors (Lipinski definition) is 4. The zero-order chi connectivity index (χ0) is 10.1. The van der Waals surface area contributed by atoms with Crippen LogP contribution in [0.2, 0.25) is 0 Å². The summed E-state index contributed by atoms with van der Waals surface area (Å²) in [6, 6.07) is 1.88. The Morgan fingerprint density at radius 2 is 2.36 bits per heavy atom. The predicted molar refractivity (Wildman–Crippen MR) is 52.8 cm³/mol. The number of aromatic nitrogens is 3. The fraction of sp³-hybridized carbons (Fsp3) is 0.333. The molecule has 0 unspecified atom stereocenters. The maximum Gasteiger partial charge on any atom is 0.177 e. The minimum atomic E-state index is 0.418. The van der Waals surface area contributed by atoms with Crippen LogP contribution in [-0.4, -0.2) is 21.7 Å². The third kappa shape index (κ3) is 1.42. The van der Waals surface area contributed by atoms with E-state index in [1.807, 2.05) is 13.0 Å². The van der Waals surface area contributed by atoms with Gasteiger partial charge in [-0.25, -0.2) is 9.50 Å². The first-order chi connectivity index (χ1) is 6.70. The van der Waals surface area contributed by atoms with Gasteiger partial charge in [0.1, 0.15) is 6.61 Å². The molecule has 2 rings (SSSR count). The monoisotopic (exact) mass is 192 g/mol. The Balaban J connectivity index is 2.58. The van der Waals surface area contributed by atoms with Crippen LogP contribution in [0, 0.1) is 6.92 Å². The smallest absolute Gasteiger partial charge is 0.177 e. The highest BCUT2D eigenvalue weighted by atomic mass is 16.5. The van der Waals surface area contributed by atoms with Crippen LogP contribution in [0.3, 0.4) is 0 Å². The zero-order valence-electron chi connectivity index (χ0n) is 8.19. The summed E-state index contributed by atoms with van der Waals surface area (Å²) in [7, 11) is 1.62. The van der Waals surface area contributed by atoms with Crippen molar-refractivity contribution in [2.24, 2.45) is 0 Å². The number of anilines is 1. The van der Waals surface area contributed by atoms with Crippen molar-refractivity contribution in [2.75, 3.05) is 12.8 Å². The van der Waals surface area contributed by atoms with E-state index in [-0.39, 0.29) is 0 Å². The Morgan fingerprint density at radius 1 is 1.57 bits per heavy atom. The fourth-order valence-electron chi connectivity index (χ4n) is 1.41. The molecule has 2 aromatic rings. The average molecular weight is 192 g/mol. The molecule has 0 fully saturated rings. The highest BCUT2D eigenvalue weighted by Crippen LogP contribution is 2.12. The van der Waals surface area contributed by atoms with Crippen molar-refractivity contribution in [3.8, 4) is 0 Å². The lowest BCUT2D eigenvalue weighted by molar-refractivity contribution is 0.178. The molecule has 0 aliphatic heterocycles. The van der Waals surface area contributed by atoms with Gasteiger partial charge in [-0.3, -0.25) is 0 Å². The molecule has 0 aromatic carbocycles. The summed E-state index contributed by atoms with van der Waals surface area (Å²) in [5.74, 6) is 0.668. The van der Waals surface area contributed by atoms with Crippen LogP contribution in [0.4, 0.5) is 5.69 Å². The quantitative estimate of drug-likeness (QED) is 0.763. The Morgan fingerprint density at radius 3 is 3.07 bits per heavy atom. The number of aryl methyl sites for hydroxylation is 1. The number of nitrogens with zero attached hydrogens (tertiary/aromatic N) is 3. The van der Waals surface area contributed by atoms with Gasteiger partial charge in [-0.05, 0) is 18.6 Å². The number of hydrogen-bond donors (Lipinski definition) is 1. The van der Waals surface area contributed by atoms with Gasteiger partial charge in [0.15, 0.2) is 11.5 Å². The van der Waals surface area contributed by atoms with Crippen molar-refractivity contribution in [1.29, 1.82) is 0 Å². The van der Waals surface area contributed by atoms with Crippen LogP contribution >= 0.6 is 0 Å². The van der Waals surface area contributed by atoms with Crippen molar-refractivity contribution >= 4 is 11.3 Å². The van der Waals surface area contributed by atoms with Crippen molar-refractivity contribution in [2.45, 2.75) is 13.5 Å². The van der Waals surface area contributed by atoms with E-state index in [1.165, 1.54) is 0 Å². The molecule has 14 heavy (non-hydrogen) atoms. The Kier molecular flexibility index (Phi) is 2.09. The van der Waals surface area contributed by atoms with Gasteiger partial charge in [0, 0.05) is 7.11 Å². The summed E-state index contributed by atoms with van der Waals surface area (Å²) >= 11 is 0. The number of nitrogen functional groups attached to an aromatic ring is 1. The van der Waals surface area contributed by atoms with E-state index in [0.29, 0.717) is 18.1 Å². The summed E-state index contributed by atoms with van der Waals surface area (Å²) < 4.78 is 6.64. The molecule has 0 aliphatic carbocycles. The lowest BCUT2D eigenvalue weighted by atomic mass is 10.3. The molecule has 0 atom stereocenters. The maximum atomic E-state index is 5.69. The highest BCUT2D eigenvalue weighted by molar-refractivity contribution is 5.53. The van der Waals surface area contributed by atoms with Gasteiger partial charge >= 0.3 is 0 Å². The lowest BCUT2D eigenvalue weighted by Gasteiger charge is -1.97. The second-order valence-corrected chi connectivity index (χ2v) is 3.19. The van der Waals surface area contributed by atoms with Gasteiger partial charge in [-0.15, -0.1) is 5.10 Å². The van der Waals surface area contributed by atoms with E-state index in [4.69, 9.17) is 10.5 Å². The molecule has 0 saturated carbocycles. The summed E-state index contributed by atoms with van der Waals surface area (Å²) in [4.78, 5) is 4.31. The number of fused-ring (bicyclic) bond motifs is 1. The van der Waals surface area contributed by atoms with Crippen molar-refractivity contribution in [3.05, 3.63) is 23.7 Å². The second-order valence-electron chi connectivity index (χ2n) is 3.19. The SMILES string of the molecule is COCc1nc2c(C)cc(N)cn2n1. The van der Waals surface area contributed by atoms with E-state index in [0.717, 1.165) is 11.2 Å². The van der Waals surface area contributed by atoms with Crippen molar-refractivity contribution < 1.29 is 4.74 Å². The first-order valence-corrected chi connectivity index (χ1v) is 4.31. The largest absolute Gasteiger partial charge is 0.397 e. The van der Waals surface area contributed by atoms with Gasteiger partial charge in [0.05, 0.1) is 11.9 Å². The van der Waals surface area contributed by atoms with E-state index < -0.39 is 0 Å².